The summed E-state index contributed by atoms with van der Waals surface area (Å²) >= 11 is 1.61. The zero-order chi connectivity index (χ0) is 23.0. The molecule has 8 nitrogen and oxygen atoms in total. The smallest absolute Gasteiger partial charge is 0.254 e. The third-order valence-electron chi connectivity index (χ3n) is 4.82. The number of anilines is 1. The molecule has 0 atom stereocenters. The van der Waals surface area contributed by atoms with Crippen molar-refractivity contribution in [2.45, 2.75) is 4.90 Å². The van der Waals surface area contributed by atoms with Gasteiger partial charge in [0.2, 0.25) is 15.9 Å². The molecule has 0 unspecified atom stereocenters. The van der Waals surface area contributed by atoms with Crippen LogP contribution in [0.3, 0.4) is 0 Å². The number of benzene rings is 2. The van der Waals surface area contributed by atoms with Gasteiger partial charge in [-0.25, -0.2) is 8.42 Å². The van der Waals surface area contributed by atoms with Crippen LogP contribution >= 0.6 is 11.8 Å². The standard InChI is InChI=1S/C22H27N3O5S2/c1-32(28,29)25(17-21(26)23-11-16-31-20-5-3-2-4-6-20)19-9-7-18(8-10-19)22(27)24-12-14-30-15-13-24/h2-10H,11-17H2,1H3,(H,23,26). The Balaban J connectivity index is 1.57. The highest BCUT2D eigenvalue weighted by atomic mass is 32.2. The topological polar surface area (TPSA) is 96.0 Å². The number of morpholine rings is 1. The molecule has 1 aliphatic rings. The predicted octanol–water partition coefficient (Wildman–Crippen LogP) is 1.83. The fourth-order valence-corrected chi connectivity index (χ4v) is 4.83. The van der Waals surface area contributed by atoms with Gasteiger partial charge in [0.15, 0.2) is 0 Å². The summed E-state index contributed by atoms with van der Waals surface area (Å²) in [4.78, 5) is 27.7. The van der Waals surface area contributed by atoms with E-state index >= 15 is 0 Å². The molecule has 1 saturated heterocycles. The number of ether oxygens (including phenoxy) is 1. The minimum atomic E-state index is -3.68. The monoisotopic (exact) mass is 477 g/mol. The van der Waals surface area contributed by atoms with Crippen LogP contribution in [-0.4, -0.2) is 76.5 Å². The Morgan fingerprint density at radius 1 is 1.06 bits per heavy atom. The summed E-state index contributed by atoms with van der Waals surface area (Å²) in [6.45, 7) is 2.15. The van der Waals surface area contributed by atoms with Crippen LogP contribution in [0.5, 0.6) is 0 Å². The number of carbonyl (C=O) groups is 2. The van der Waals surface area contributed by atoms with Crippen molar-refractivity contribution < 1.29 is 22.7 Å². The molecular weight excluding hydrogens is 450 g/mol. The van der Waals surface area contributed by atoms with Gasteiger partial charge >= 0.3 is 0 Å². The Labute approximate surface area is 193 Å². The van der Waals surface area contributed by atoms with Crippen LogP contribution in [0.25, 0.3) is 0 Å². The zero-order valence-corrected chi connectivity index (χ0v) is 19.5. The van der Waals surface area contributed by atoms with Gasteiger partial charge in [-0.3, -0.25) is 13.9 Å². The zero-order valence-electron chi connectivity index (χ0n) is 17.9. The van der Waals surface area contributed by atoms with E-state index in [9.17, 15) is 18.0 Å². The third kappa shape index (κ3) is 6.98. The predicted molar refractivity (Wildman–Crippen MR) is 126 cm³/mol. The first kappa shape index (κ1) is 24.1. The van der Waals surface area contributed by atoms with E-state index in [4.69, 9.17) is 4.74 Å². The summed E-state index contributed by atoms with van der Waals surface area (Å²) in [5, 5.41) is 2.76. The summed E-state index contributed by atoms with van der Waals surface area (Å²) in [5.74, 6) is 0.157. The maximum atomic E-state index is 12.6. The Bertz CT molecular complexity index is 1010. The van der Waals surface area contributed by atoms with Gasteiger partial charge in [-0.1, -0.05) is 18.2 Å². The van der Waals surface area contributed by atoms with Crippen LogP contribution in [0, 0.1) is 0 Å². The van der Waals surface area contributed by atoms with Crippen LogP contribution in [0.4, 0.5) is 5.69 Å². The van der Waals surface area contributed by atoms with E-state index in [2.05, 4.69) is 5.32 Å². The summed E-state index contributed by atoms with van der Waals surface area (Å²) in [5.41, 5.74) is 0.798. The van der Waals surface area contributed by atoms with E-state index in [1.807, 2.05) is 30.3 Å². The van der Waals surface area contributed by atoms with E-state index < -0.39 is 15.9 Å². The molecule has 2 amide bonds. The summed E-state index contributed by atoms with van der Waals surface area (Å²) in [7, 11) is -3.68. The van der Waals surface area contributed by atoms with Crippen LogP contribution in [-0.2, 0) is 19.6 Å². The molecule has 1 aliphatic heterocycles. The number of rotatable bonds is 9. The van der Waals surface area contributed by atoms with E-state index in [1.165, 1.54) is 0 Å². The number of hydrogen-bond acceptors (Lipinski definition) is 6. The molecule has 0 spiro atoms. The van der Waals surface area contributed by atoms with Crippen LogP contribution in [0.2, 0.25) is 0 Å². The second-order valence-corrected chi connectivity index (χ2v) is 10.3. The molecule has 2 aromatic carbocycles. The fourth-order valence-electron chi connectivity index (χ4n) is 3.18. The first-order chi connectivity index (χ1) is 15.3. The Kier molecular flexibility index (Phi) is 8.54. The quantitative estimate of drug-likeness (QED) is 0.437. The van der Waals surface area contributed by atoms with Crippen molar-refractivity contribution in [3.8, 4) is 0 Å². The Morgan fingerprint density at radius 2 is 1.72 bits per heavy atom. The van der Waals surface area contributed by atoms with Gasteiger partial charge in [-0.2, -0.15) is 0 Å². The van der Waals surface area contributed by atoms with Gasteiger partial charge in [0.1, 0.15) is 6.54 Å². The molecular formula is C22H27N3O5S2. The van der Waals surface area contributed by atoms with Gasteiger partial charge in [0, 0.05) is 35.8 Å². The second kappa shape index (κ2) is 11.3. The van der Waals surface area contributed by atoms with E-state index in [0.717, 1.165) is 15.5 Å². The first-order valence-corrected chi connectivity index (χ1v) is 13.1. The summed E-state index contributed by atoms with van der Waals surface area (Å²) in [6.07, 6.45) is 1.05. The molecule has 1 N–H and O–H groups in total. The maximum absolute atomic E-state index is 12.6. The van der Waals surface area contributed by atoms with Crippen molar-refractivity contribution in [1.29, 1.82) is 0 Å². The van der Waals surface area contributed by atoms with Crippen molar-refractivity contribution in [3.63, 3.8) is 0 Å². The lowest BCUT2D eigenvalue weighted by atomic mass is 10.1. The van der Waals surface area contributed by atoms with Gasteiger partial charge < -0.3 is 15.0 Å². The number of nitrogens with zero attached hydrogens (tertiary/aromatic N) is 2. The summed E-state index contributed by atoms with van der Waals surface area (Å²) < 4.78 is 30.9. The number of carbonyl (C=O) groups excluding carboxylic acids is 2. The van der Waals surface area contributed by atoms with Gasteiger partial charge in [0.05, 0.1) is 25.2 Å². The minimum absolute atomic E-state index is 0.126. The molecule has 0 aromatic heterocycles. The highest BCUT2D eigenvalue weighted by Crippen LogP contribution is 2.20. The van der Waals surface area contributed by atoms with Crippen molar-refractivity contribution >= 4 is 39.3 Å². The average Bonchev–Trinajstić information content (AvgIpc) is 2.80. The Morgan fingerprint density at radius 3 is 2.34 bits per heavy atom. The molecule has 3 rings (SSSR count). The number of nitrogens with one attached hydrogen (secondary N) is 1. The number of sulfonamides is 1. The van der Waals surface area contributed by atoms with Crippen molar-refractivity contribution in [1.82, 2.24) is 10.2 Å². The van der Waals surface area contributed by atoms with Crippen LogP contribution < -0.4 is 9.62 Å². The molecule has 0 bridgehead atoms. The molecule has 172 valence electrons. The van der Waals surface area contributed by atoms with E-state index in [-0.39, 0.29) is 12.5 Å². The van der Waals surface area contributed by atoms with Crippen molar-refractivity contribution in [3.05, 3.63) is 60.2 Å². The number of amides is 2. The Hall–Kier alpha value is -2.56. The van der Waals surface area contributed by atoms with Gasteiger partial charge in [0.25, 0.3) is 5.91 Å². The van der Waals surface area contributed by atoms with E-state index in [0.29, 0.717) is 49.9 Å². The second-order valence-electron chi connectivity index (χ2n) is 7.23. The van der Waals surface area contributed by atoms with Crippen molar-refractivity contribution in [2.75, 3.05) is 55.7 Å². The van der Waals surface area contributed by atoms with Crippen LogP contribution in [0.1, 0.15) is 10.4 Å². The minimum Gasteiger partial charge on any atom is -0.378 e. The molecule has 1 fully saturated rings. The molecule has 10 heteroatoms. The lowest BCUT2D eigenvalue weighted by molar-refractivity contribution is -0.119. The normalized spacial score (nSPS) is 14.1. The molecule has 0 saturated carbocycles. The highest BCUT2D eigenvalue weighted by Gasteiger charge is 2.22. The molecule has 0 radical (unpaired) electrons. The largest absolute Gasteiger partial charge is 0.378 e. The highest BCUT2D eigenvalue weighted by molar-refractivity contribution is 7.99. The maximum Gasteiger partial charge on any atom is 0.254 e. The molecule has 32 heavy (non-hydrogen) atoms. The molecule has 0 aliphatic carbocycles. The first-order valence-electron chi connectivity index (χ1n) is 10.2. The average molecular weight is 478 g/mol. The number of hydrogen-bond donors (Lipinski definition) is 1. The van der Waals surface area contributed by atoms with Gasteiger partial charge in [-0.05, 0) is 36.4 Å². The fraction of sp³-hybridized carbons (Fsp3) is 0.364. The van der Waals surface area contributed by atoms with Crippen molar-refractivity contribution in [2.24, 2.45) is 0 Å². The SMILES string of the molecule is CS(=O)(=O)N(CC(=O)NCCSc1ccccc1)c1ccc(C(=O)N2CCOCC2)cc1. The molecule has 1 heterocycles. The lowest BCUT2D eigenvalue weighted by Gasteiger charge is -2.27. The van der Waals surface area contributed by atoms with E-state index in [1.54, 1.807) is 40.9 Å². The third-order valence-corrected chi connectivity index (χ3v) is 6.98. The summed E-state index contributed by atoms with van der Waals surface area (Å²) in [6, 6.07) is 16.1. The lowest BCUT2D eigenvalue weighted by Crippen LogP contribution is -2.41. The van der Waals surface area contributed by atoms with Crippen LogP contribution in [0.15, 0.2) is 59.5 Å². The molecule has 2 aromatic rings. The number of thioether (sulfide) groups is 1. The van der Waals surface area contributed by atoms with Gasteiger partial charge in [-0.15, -0.1) is 11.8 Å².